The van der Waals surface area contributed by atoms with Gasteiger partial charge >= 0.3 is 0 Å². The standard InChI is InChI=1S/C11H21NO2/c13-11-6-2-1-5-10(11)12-8-9-4-3-7-14-9/h9-13H,1-8H2. The third kappa shape index (κ3) is 2.69. The van der Waals surface area contributed by atoms with E-state index in [0.29, 0.717) is 12.1 Å². The van der Waals surface area contributed by atoms with Gasteiger partial charge in [0.1, 0.15) is 0 Å². The maximum Gasteiger partial charge on any atom is 0.0700 e. The van der Waals surface area contributed by atoms with Crippen LogP contribution in [0, 0.1) is 0 Å². The van der Waals surface area contributed by atoms with Crippen LogP contribution in [0.1, 0.15) is 38.5 Å². The van der Waals surface area contributed by atoms with E-state index in [1.54, 1.807) is 0 Å². The Bertz CT molecular complexity index is 169. The van der Waals surface area contributed by atoms with Crippen LogP contribution < -0.4 is 5.32 Å². The van der Waals surface area contributed by atoms with Crippen LogP contribution in [-0.4, -0.2) is 36.5 Å². The van der Waals surface area contributed by atoms with E-state index in [2.05, 4.69) is 5.32 Å². The van der Waals surface area contributed by atoms with Crippen molar-refractivity contribution >= 4 is 0 Å². The van der Waals surface area contributed by atoms with E-state index in [1.165, 1.54) is 25.7 Å². The second kappa shape index (κ2) is 5.10. The summed E-state index contributed by atoms with van der Waals surface area (Å²) in [6.07, 6.45) is 7.14. The van der Waals surface area contributed by atoms with Crippen LogP contribution in [0.25, 0.3) is 0 Å². The van der Waals surface area contributed by atoms with Gasteiger partial charge in [-0.25, -0.2) is 0 Å². The molecule has 1 heterocycles. The first-order valence-corrected chi connectivity index (χ1v) is 5.89. The molecule has 0 bridgehead atoms. The summed E-state index contributed by atoms with van der Waals surface area (Å²) in [6, 6.07) is 0.313. The number of hydrogen-bond donors (Lipinski definition) is 2. The normalized spacial score (nSPS) is 38.8. The van der Waals surface area contributed by atoms with Crippen molar-refractivity contribution in [2.24, 2.45) is 0 Å². The molecule has 1 aliphatic carbocycles. The number of nitrogens with one attached hydrogen (secondary N) is 1. The highest BCUT2D eigenvalue weighted by molar-refractivity contribution is 4.81. The van der Waals surface area contributed by atoms with Gasteiger partial charge in [0.15, 0.2) is 0 Å². The Morgan fingerprint density at radius 3 is 2.71 bits per heavy atom. The third-order valence-electron chi connectivity index (χ3n) is 3.36. The van der Waals surface area contributed by atoms with Crippen LogP contribution in [0.15, 0.2) is 0 Å². The minimum atomic E-state index is -0.134. The van der Waals surface area contributed by atoms with Crippen molar-refractivity contribution in [1.82, 2.24) is 5.32 Å². The van der Waals surface area contributed by atoms with Crippen LogP contribution in [0.5, 0.6) is 0 Å². The lowest BCUT2D eigenvalue weighted by Gasteiger charge is -2.29. The molecule has 3 unspecified atom stereocenters. The molecular weight excluding hydrogens is 178 g/mol. The van der Waals surface area contributed by atoms with Crippen molar-refractivity contribution in [2.75, 3.05) is 13.2 Å². The van der Waals surface area contributed by atoms with Crippen LogP contribution in [0.4, 0.5) is 0 Å². The van der Waals surface area contributed by atoms with E-state index < -0.39 is 0 Å². The molecule has 2 N–H and O–H groups in total. The van der Waals surface area contributed by atoms with Crippen molar-refractivity contribution in [1.29, 1.82) is 0 Å². The summed E-state index contributed by atoms with van der Waals surface area (Å²) in [5.74, 6) is 0. The molecule has 3 nitrogen and oxygen atoms in total. The molecule has 1 saturated heterocycles. The first-order chi connectivity index (χ1) is 6.86. The molecule has 14 heavy (non-hydrogen) atoms. The Balaban J connectivity index is 1.67. The molecule has 0 radical (unpaired) electrons. The molecule has 0 aromatic heterocycles. The summed E-state index contributed by atoms with van der Waals surface area (Å²) in [6.45, 7) is 1.83. The smallest absolute Gasteiger partial charge is 0.0700 e. The minimum Gasteiger partial charge on any atom is -0.392 e. The van der Waals surface area contributed by atoms with Gasteiger partial charge < -0.3 is 15.2 Å². The van der Waals surface area contributed by atoms with Crippen molar-refractivity contribution in [3.63, 3.8) is 0 Å². The van der Waals surface area contributed by atoms with Gasteiger partial charge in [0, 0.05) is 19.2 Å². The van der Waals surface area contributed by atoms with Crippen LogP contribution in [0.3, 0.4) is 0 Å². The molecule has 0 aromatic carbocycles. The van der Waals surface area contributed by atoms with E-state index >= 15 is 0 Å². The largest absolute Gasteiger partial charge is 0.392 e. The van der Waals surface area contributed by atoms with Gasteiger partial charge in [0.05, 0.1) is 12.2 Å². The highest BCUT2D eigenvalue weighted by Crippen LogP contribution is 2.19. The lowest BCUT2D eigenvalue weighted by molar-refractivity contribution is 0.0696. The van der Waals surface area contributed by atoms with Gasteiger partial charge in [0.25, 0.3) is 0 Å². The zero-order valence-corrected chi connectivity index (χ0v) is 8.74. The number of rotatable bonds is 3. The molecule has 0 spiro atoms. The second-order valence-corrected chi connectivity index (χ2v) is 4.50. The molecule has 3 heteroatoms. The van der Waals surface area contributed by atoms with Crippen LogP contribution in [0.2, 0.25) is 0 Å². The fourth-order valence-electron chi connectivity index (χ4n) is 2.44. The number of aliphatic hydroxyl groups excluding tert-OH is 1. The minimum absolute atomic E-state index is 0.134. The summed E-state index contributed by atoms with van der Waals surface area (Å²) >= 11 is 0. The van der Waals surface area contributed by atoms with Crippen molar-refractivity contribution in [3.05, 3.63) is 0 Å². The molecule has 0 aromatic rings. The fraction of sp³-hybridized carbons (Fsp3) is 1.00. The Labute approximate surface area is 85.8 Å². The molecule has 2 rings (SSSR count). The van der Waals surface area contributed by atoms with E-state index in [9.17, 15) is 5.11 Å². The zero-order valence-electron chi connectivity index (χ0n) is 8.74. The Kier molecular flexibility index (Phi) is 3.79. The quantitative estimate of drug-likeness (QED) is 0.714. The van der Waals surface area contributed by atoms with Crippen LogP contribution in [-0.2, 0) is 4.74 Å². The van der Waals surface area contributed by atoms with E-state index in [-0.39, 0.29) is 6.10 Å². The van der Waals surface area contributed by atoms with Gasteiger partial charge in [0.2, 0.25) is 0 Å². The number of ether oxygens (including phenoxy) is 1. The monoisotopic (exact) mass is 199 g/mol. The Morgan fingerprint density at radius 2 is 2.00 bits per heavy atom. The predicted molar refractivity (Wildman–Crippen MR) is 55.2 cm³/mol. The average Bonchev–Trinajstić information content (AvgIpc) is 2.69. The first kappa shape index (κ1) is 10.4. The molecule has 2 aliphatic rings. The van der Waals surface area contributed by atoms with Crippen molar-refractivity contribution in [3.8, 4) is 0 Å². The lowest BCUT2D eigenvalue weighted by atomic mass is 9.92. The second-order valence-electron chi connectivity index (χ2n) is 4.50. The summed E-state index contributed by atoms with van der Waals surface area (Å²) in [4.78, 5) is 0. The van der Waals surface area contributed by atoms with Gasteiger partial charge in [-0.05, 0) is 25.7 Å². The molecule has 2 fully saturated rings. The van der Waals surface area contributed by atoms with E-state index in [1.807, 2.05) is 0 Å². The summed E-state index contributed by atoms with van der Waals surface area (Å²) in [5.41, 5.74) is 0. The maximum atomic E-state index is 9.74. The van der Waals surface area contributed by atoms with Crippen molar-refractivity contribution < 1.29 is 9.84 Å². The highest BCUT2D eigenvalue weighted by atomic mass is 16.5. The molecular formula is C11H21NO2. The maximum absolute atomic E-state index is 9.74. The van der Waals surface area contributed by atoms with Crippen molar-refractivity contribution in [2.45, 2.75) is 56.8 Å². The number of aliphatic hydroxyl groups is 1. The average molecular weight is 199 g/mol. The SMILES string of the molecule is OC1CCCCC1NCC1CCCO1. The fourth-order valence-corrected chi connectivity index (χ4v) is 2.44. The van der Waals surface area contributed by atoms with Gasteiger partial charge in [-0.3, -0.25) is 0 Å². The predicted octanol–water partition coefficient (Wildman–Crippen LogP) is 1.06. The molecule has 1 aliphatic heterocycles. The summed E-state index contributed by atoms with van der Waals surface area (Å²) < 4.78 is 5.54. The zero-order chi connectivity index (χ0) is 9.80. The summed E-state index contributed by atoms with van der Waals surface area (Å²) in [5, 5.41) is 13.2. The van der Waals surface area contributed by atoms with E-state index in [4.69, 9.17) is 4.74 Å². The molecule has 82 valence electrons. The molecule has 3 atom stereocenters. The Hall–Kier alpha value is -0.120. The molecule has 0 amide bonds. The van der Waals surface area contributed by atoms with Gasteiger partial charge in [-0.2, -0.15) is 0 Å². The topological polar surface area (TPSA) is 41.5 Å². The van der Waals surface area contributed by atoms with Gasteiger partial charge in [-0.15, -0.1) is 0 Å². The van der Waals surface area contributed by atoms with E-state index in [0.717, 1.165) is 26.0 Å². The third-order valence-corrected chi connectivity index (χ3v) is 3.36. The summed E-state index contributed by atoms with van der Waals surface area (Å²) in [7, 11) is 0. The molecule has 1 saturated carbocycles. The highest BCUT2D eigenvalue weighted by Gasteiger charge is 2.24. The van der Waals surface area contributed by atoms with Gasteiger partial charge in [-0.1, -0.05) is 12.8 Å². The Morgan fingerprint density at radius 1 is 1.14 bits per heavy atom. The van der Waals surface area contributed by atoms with Crippen LogP contribution >= 0.6 is 0 Å². The lowest BCUT2D eigenvalue weighted by Crippen LogP contribution is -2.44. The first-order valence-electron chi connectivity index (χ1n) is 5.89. The number of hydrogen-bond acceptors (Lipinski definition) is 3.